The Bertz CT molecular complexity index is 3230. The van der Waals surface area contributed by atoms with Gasteiger partial charge in [0.25, 0.3) is 0 Å². The molecule has 0 spiro atoms. The SMILES string of the molecule is c1ccc(-c2cccc(-c3nc(-c4cccc5c(-c6ccc7oc8ccccc8c7c6)cccc45)nc(-c4cccc5oc6ccccc6c45)n3)c2)cc1. The van der Waals surface area contributed by atoms with Crippen molar-refractivity contribution in [1.29, 1.82) is 0 Å². The lowest BCUT2D eigenvalue weighted by molar-refractivity contribution is 0.668. The fourth-order valence-corrected chi connectivity index (χ4v) is 7.83. The molecule has 0 N–H and O–H groups in total. The second-order valence-corrected chi connectivity index (χ2v) is 13.5. The van der Waals surface area contributed by atoms with E-state index in [0.717, 1.165) is 93.6 Å². The fourth-order valence-electron chi connectivity index (χ4n) is 7.83. The van der Waals surface area contributed by atoms with Crippen LogP contribution in [-0.2, 0) is 0 Å². The molecule has 3 heterocycles. The molecular formula is C49H29N3O2. The van der Waals surface area contributed by atoms with Crippen LogP contribution in [0.3, 0.4) is 0 Å². The molecule has 0 amide bonds. The summed E-state index contributed by atoms with van der Waals surface area (Å²) in [5.41, 5.74) is 10.6. The second kappa shape index (κ2) is 12.1. The maximum absolute atomic E-state index is 6.29. The van der Waals surface area contributed by atoms with Crippen LogP contribution in [0.25, 0.3) is 111 Å². The molecule has 0 aliphatic rings. The average Bonchev–Trinajstić information content (AvgIpc) is 3.82. The van der Waals surface area contributed by atoms with Gasteiger partial charge in [-0.05, 0) is 69.4 Å². The van der Waals surface area contributed by atoms with Crippen LogP contribution in [0.2, 0.25) is 0 Å². The highest BCUT2D eigenvalue weighted by Crippen LogP contribution is 2.40. The van der Waals surface area contributed by atoms with Gasteiger partial charge >= 0.3 is 0 Å². The maximum atomic E-state index is 6.29. The predicted molar refractivity (Wildman–Crippen MR) is 219 cm³/mol. The number of hydrogen-bond donors (Lipinski definition) is 0. The Morgan fingerprint density at radius 2 is 0.815 bits per heavy atom. The molecule has 0 atom stereocenters. The Kier molecular flexibility index (Phi) is 6.79. The molecule has 8 aromatic carbocycles. The summed E-state index contributed by atoms with van der Waals surface area (Å²) in [7, 11) is 0. The number of aromatic nitrogens is 3. The molecule has 0 aliphatic heterocycles. The second-order valence-electron chi connectivity index (χ2n) is 13.5. The minimum Gasteiger partial charge on any atom is -0.456 e. The molecule has 0 unspecified atom stereocenters. The molecule has 0 fully saturated rings. The van der Waals surface area contributed by atoms with Gasteiger partial charge in [0.1, 0.15) is 22.3 Å². The summed E-state index contributed by atoms with van der Waals surface area (Å²) in [6, 6.07) is 60.5. The summed E-state index contributed by atoms with van der Waals surface area (Å²) < 4.78 is 12.4. The van der Waals surface area contributed by atoms with E-state index >= 15 is 0 Å². The quantitative estimate of drug-likeness (QED) is 0.180. The molecule has 0 bridgehead atoms. The standard InChI is InChI=1S/C49H29N3O2/c1-2-12-30(13-3-1)31-14-8-15-33(28-31)47-50-48(52-49(51-47)40-22-11-25-45-46(40)39-17-5-7-24-43(39)54-45)38-21-10-19-35-34(18-9-20-36(35)38)32-26-27-44-41(29-32)37-16-4-6-23-42(37)53-44/h1-29H. The summed E-state index contributed by atoms with van der Waals surface area (Å²) in [5.74, 6) is 1.79. The zero-order chi connectivity index (χ0) is 35.6. The summed E-state index contributed by atoms with van der Waals surface area (Å²) in [5, 5.41) is 6.38. The topological polar surface area (TPSA) is 65.0 Å². The van der Waals surface area contributed by atoms with Gasteiger partial charge in [0.05, 0.1) is 0 Å². The highest BCUT2D eigenvalue weighted by Gasteiger charge is 2.20. The Hall–Kier alpha value is -7.37. The van der Waals surface area contributed by atoms with E-state index in [1.54, 1.807) is 0 Å². The third-order valence-electron chi connectivity index (χ3n) is 10.4. The van der Waals surface area contributed by atoms with Crippen LogP contribution in [0, 0.1) is 0 Å². The number of fused-ring (bicyclic) bond motifs is 7. The first-order chi connectivity index (χ1) is 26.7. The van der Waals surface area contributed by atoms with Crippen molar-refractivity contribution in [3.05, 3.63) is 176 Å². The third kappa shape index (κ3) is 4.90. The van der Waals surface area contributed by atoms with Crippen LogP contribution < -0.4 is 0 Å². The van der Waals surface area contributed by atoms with Gasteiger partial charge in [0.2, 0.25) is 0 Å². The Balaban J connectivity index is 1.13. The molecule has 0 saturated heterocycles. The molecule has 5 nitrogen and oxygen atoms in total. The number of hydrogen-bond acceptors (Lipinski definition) is 5. The minimum absolute atomic E-state index is 0.586. The molecule has 54 heavy (non-hydrogen) atoms. The van der Waals surface area contributed by atoms with Gasteiger partial charge in [0, 0.05) is 38.2 Å². The highest BCUT2D eigenvalue weighted by atomic mass is 16.3. The summed E-state index contributed by atoms with van der Waals surface area (Å²) in [6.07, 6.45) is 0. The monoisotopic (exact) mass is 691 g/mol. The van der Waals surface area contributed by atoms with Crippen molar-refractivity contribution < 1.29 is 8.83 Å². The van der Waals surface area contributed by atoms with E-state index in [4.69, 9.17) is 23.8 Å². The van der Waals surface area contributed by atoms with Gasteiger partial charge in [0.15, 0.2) is 17.5 Å². The van der Waals surface area contributed by atoms with Crippen molar-refractivity contribution in [2.45, 2.75) is 0 Å². The molecule has 0 radical (unpaired) electrons. The number of nitrogens with zero attached hydrogens (tertiary/aromatic N) is 3. The molecule has 252 valence electrons. The molecule has 5 heteroatoms. The first kappa shape index (κ1) is 30.3. The van der Waals surface area contributed by atoms with Crippen LogP contribution >= 0.6 is 0 Å². The third-order valence-corrected chi connectivity index (χ3v) is 10.4. The molecule has 11 aromatic rings. The number of benzene rings is 8. The van der Waals surface area contributed by atoms with E-state index in [1.807, 2.05) is 48.5 Å². The van der Waals surface area contributed by atoms with Crippen molar-refractivity contribution in [3.63, 3.8) is 0 Å². The smallest absolute Gasteiger partial charge is 0.164 e. The molecule has 0 saturated carbocycles. The Morgan fingerprint density at radius 3 is 1.67 bits per heavy atom. The van der Waals surface area contributed by atoms with Crippen LogP contribution in [0.5, 0.6) is 0 Å². The van der Waals surface area contributed by atoms with E-state index in [-0.39, 0.29) is 0 Å². The molecule has 0 aliphatic carbocycles. The van der Waals surface area contributed by atoms with Gasteiger partial charge in [-0.2, -0.15) is 0 Å². The lowest BCUT2D eigenvalue weighted by atomic mass is 9.94. The zero-order valence-electron chi connectivity index (χ0n) is 28.9. The van der Waals surface area contributed by atoms with Gasteiger partial charge < -0.3 is 8.83 Å². The highest BCUT2D eigenvalue weighted by molar-refractivity contribution is 6.12. The molecular weight excluding hydrogens is 663 g/mol. The van der Waals surface area contributed by atoms with Crippen molar-refractivity contribution in [2.75, 3.05) is 0 Å². The first-order valence-corrected chi connectivity index (χ1v) is 18.0. The van der Waals surface area contributed by atoms with Crippen molar-refractivity contribution >= 4 is 54.6 Å². The van der Waals surface area contributed by atoms with E-state index in [0.29, 0.717) is 17.5 Å². The van der Waals surface area contributed by atoms with Crippen LogP contribution in [-0.4, -0.2) is 15.0 Å². The normalized spacial score (nSPS) is 11.7. The maximum Gasteiger partial charge on any atom is 0.164 e. The van der Waals surface area contributed by atoms with E-state index < -0.39 is 0 Å². The van der Waals surface area contributed by atoms with Crippen LogP contribution in [0.1, 0.15) is 0 Å². The summed E-state index contributed by atoms with van der Waals surface area (Å²) >= 11 is 0. The number of para-hydroxylation sites is 2. The summed E-state index contributed by atoms with van der Waals surface area (Å²) in [6.45, 7) is 0. The van der Waals surface area contributed by atoms with Gasteiger partial charge in [-0.25, -0.2) is 15.0 Å². The zero-order valence-corrected chi connectivity index (χ0v) is 28.9. The predicted octanol–water partition coefficient (Wildman–Crippen LogP) is 13.2. The van der Waals surface area contributed by atoms with E-state index in [9.17, 15) is 0 Å². The van der Waals surface area contributed by atoms with Crippen molar-refractivity contribution in [3.8, 4) is 56.4 Å². The van der Waals surface area contributed by atoms with Crippen molar-refractivity contribution in [1.82, 2.24) is 15.0 Å². The lowest BCUT2D eigenvalue weighted by Gasteiger charge is -2.13. The van der Waals surface area contributed by atoms with Crippen LogP contribution in [0.4, 0.5) is 0 Å². The van der Waals surface area contributed by atoms with Gasteiger partial charge in [-0.1, -0.05) is 140 Å². The number of furan rings is 2. The van der Waals surface area contributed by atoms with Crippen LogP contribution in [0.15, 0.2) is 185 Å². The Morgan fingerprint density at radius 1 is 0.278 bits per heavy atom. The lowest BCUT2D eigenvalue weighted by Crippen LogP contribution is -2.01. The van der Waals surface area contributed by atoms with E-state index in [1.165, 1.54) is 0 Å². The molecule has 3 aromatic heterocycles. The molecule has 11 rings (SSSR count). The largest absolute Gasteiger partial charge is 0.456 e. The minimum atomic E-state index is 0.586. The average molecular weight is 692 g/mol. The van der Waals surface area contributed by atoms with Crippen molar-refractivity contribution in [2.24, 2.45) is 0 Å². The number of rotatable bonds is 5. The van der Waals surface area contributed by atoms with Gasteiger partial charge in [-0.3, -0.25) is 0 Å². The Labute approximate surface area is 309 Å². The fraction of sp³-hybridized carbons (Fsp3) is 0. The van der Waals surface area contributed by atoms with Gasteiger partial charge in [-0.15, -0.1) is 0 Å². The summed E-state index contributed by atoms with van der Waals surface area (Å²) in [4.78, 5) is 15.7. The first-order valence-electron chi connectivity index (χ1n) is 18.0. The van der Waals surface area contributed by atoms with E-state index in [2.05, 4.69) is 127 Å².